The van der Waals surface area contributed by atoms with Gasteiger partial charge in [0.1, 0.15) is 10.8 Å². The van der Waals surface area contributed by atoms with Crippen LogP contribution in [0, 0.1) is 5.82 Å². The molecule has 0 N–H and O–H groups in total. The van der Waals surface area contributed by atoms with Crippen LogP contribution in [0.15, 0.2) is 65.6 Å². The molecule has 1 aromatic heterocycles. The molecule has 1 aliphatic rings. The Morgan fingerprint density at radius 1 is 0.966 bits per heavy atom. The van der Waals surface area contributed by atoms with Crippen molar-refractivity contribution in [1.29, 1.82) is 0 Å². The summed E-state index contributed by atoms with van der Waals surface area (Å²) in [6.45, 7) is 1.73. The number of carbonyl (C=O) groups is 1. The van der Waals surface area contributed by atoms with E-state index in [2.05, 4.69) is 5.10 Å². The number of para-hydroxylation sites is 1. The molecule has 0 bridgehead atoms. The average Bonchev–Trinajstić information content (AvgIpc) is 2.76. The standard InChI is InChI=1S/C21H18ClFN4O2/c22-19-18(14-24-27(21(19)29)15-6-2-1-3-7-15)25-10-12-26(13-11-25)20(28)16-8-4-5-9-17(16)23/h1-9,14H,10-13H2. The summed E-state index contributed by atoms with van der Waals surface area (Å²) in [4.78, 5) is 28.7. The van der Waals surface area contributed by atoms with Crippen LogP contribution >= 0.6 is 11.6 Å². The summed E-state index contributed by atoms with van der Waals surface area (Å²) in [6, 6.07) is 15.0. The lowest BCUT2D eigenvalue weighted by Gasteiger charge is -2.36. The van der Waals surface area contributed by atoms with Gasteiger partial charge in [-0.15, -0.1) is 0 Å². The monoisotopic (exact) mass is 412 g/mol. The fourth-order valence-electron chi connectivity index (χ4n) is 3.35. The van der Waals surface area contributed by atoms with E-state index in [1.165, 1.54) is 16.8 Å². The van der Waals surface area contributed by atoms with Crippen molar-refractivity contribution in [3.8, 4) is 5.69 Å². The summed E-state index contributed by atoms with van der Waals surface area (Å²) in [5, 5.41) is 4.33. The van der Waals surface area contributed by atoms with E-state index in [0.717, 1.165) is 0 Å². The van der Waals surface area contributed by atoms with E-state index in [9.17, 15) is 14.0 Å². The zero-order valence-electron chi connectivity index (χ0n) is 15.5. The van der Waals surface area contributed by atoms with Crippen LogP contribution in [0.1, 0.15) is 10.4 Å². The van der Waals surface area contributed by atoms with Gasteiger partial charge in [0.15, 0.2) is 0 Å². The van der Waals surface area contributed by atoms with Crippen LogP contribution < -0.4 is 10.5 Å². The summed E-state index contributed by atoms with van der Waals surface area (Å²) < 4.78 is 15.1. The lowest BCUT2D eigenvalue weighted by atomic mass is 10.1. The second kappa shape index (κ2) is 8.05. The molecule has 1 amide bonds. The molecule has 4 rings (SSSR count). The molecule has 0 unspecified atom stereocenters. The summed E-state index contributed by atoms with van der Waals surface area (Å²) >= 11 is 6.35. The smallest absolute Gasteiger partial charge is 0.292 e. The number of amides is 1. The van der Waals surface area contributed by atoms with E-state index in [1.54, 1.807) is 35.4 Å². The Morgan fingerprint density at radius 3 is 2.31 bits per heavy atom. The molecule has 0 atom stereocenters. The van der Waals surface area contributed by atoms with Gasteiger partial charge < -0.3 is 9.80 Å². The summed E-state index contributed by atoms with van der Waals surface area (Å²) in [6.07, 6.45) is 1.56. The molecule has 6 nitrogen and oxygen atoms in total. The van der Waals surface area contributed by atoms with Crippen molar-refractivity contribution in [1.82, 2.24) is 14.7 Å². The minimum Gasteiger partial charge on any atom is -0.365 e. The van der Waals surface area contributed by atoms with Gasteiger partial charge >= 0.3 is 0 Å². The Kier molecular flexibility index (Phi) is 5.31. The van der Waals surface area contributed by atoms with Crippen LogP contribution in [-0.4, -0.2) is 46.8 Å². The van der Waals surface area contributed by atoms with Crippen LogP contribution in [0.4, 0.5) is 10.1 Å². The van der Waals surface area contributed by atoms with Crippen LogP contribution in [0.2, 0.25) is 5.02 Å². The SMILES string of the molecule is O=C(c1ccccc1F)N1CCN(c2cnn(-c3ccccc3)c(=O)c2Cl)CC1. The highest BCUT2D eigenvalue weighted by atomic mass is 35.5. The summed E-state index contributed by atoms with van der Waals surface area (Å²) in [5.41, 5.74) is 0.819. The third kappa shape index (κ3) is 3.73. The maximum Gasteiger partial charge on any atom is 0.292 e. The highest BCUT2D eigenvalue weighted by Gasteiger charge is 2.26. The van der Waals surface area contributed by atoms with E-state index in [1.807, 2.05) is 23.1 Å². The molecule has 29 heavy (non-hydrogen) atoms. The van der Waals surface area contributed by atoms with Crippen LogP contribution in [0.3, 0.4) is 0 Å². The van der Waals surface area contributed by atoms with E-state index in [-0.39, 0.29) is 16.5 Å². The largest absolute Gasteiger partial charge is 0.365 e. The van der Waals surface area contributed by atoms with Crippen LogP contribution in [0.5, 0.6) is 0 Å². The van der Waals surface area contributed by atoms with Gasteiger partial charge in [-0.05, 0) is 24.3 Å². The number of aromatic nitrogens is 2. The molecule has 0 aliphatic carbocycles. The fraction of sp³-hybridized carbons (Fsp3) is 0.190. The molecule has 1 saturated heterocycles. The zero-order chi connectivity index (χ0) is 20.4. The van der Waals surface area contributed by atoms with Crippen LogP contribution in [0.25, 0.3) is 5.69 Å². The lowest BCUT2D eigenvalue weighted by molar-refractivity contribution is 0.0742. The number of piperazine rings is 1. The van der Waals surface area contributed by atoms with Gasteiger partial charge in [-0.25, -0.2) is 4.39 Å². The highest BCUT2D eigenvalue weighted by molar-refractivity contribution is 6.33. The second-order valence-corrected chi connectivity index (χ2v) is 7.03. The van der Waals surface area contributed by atoms with Gasteiger partial charge in [0, 0.05) is 26.2 Å². The van der Waals surface area contributed by atoms with E-state index >= 15 is 0 Å². The quantitative estimate of drug-likeness (QED) is 0.663. The number of benzene rings is 2. The first kappa shape index (κ1) is 19.1. The Bertz CT molecular complexity index is 1100. The Balaban J connectivity index is 1.50. The number of carbonyl (C=O) groups excluding carboxylic acids is 1. The van der Waals surface area contributed by atoms with Gasteiger partial charge in [-0.1, -0.05) is 41.9 Å². The van der Waals surface area contributed by atoms with Crippen molar-refractivity contribution in [2.75, 3.05) is 31.1 Å². The van der Waals surface area contributed by atoms with Crippen molar-refractivity contribution >= 4 is 23.2 Å². The van der Waals surface area contributed by atoms with Crippen molar-refractivity contribution in [3.63, 3.8) is 0 Å². The topological polar surface area (TPSA) is 58.4 Å². The first-order valence-corrected chi connectivity index (χ1v) is 9.56. The number of nitrogens with zero attached hydrogens (tertiary/aromatic N) is 4. The number of rotatable bonds is 3. The lowest BCUT2D eigenvalue weighted by Crippen LogP contribution is -2.49. The van der Waals surface area contributed by atoms with Gasteiger partial charge in [0.05, 0.1) is 23.1 Å². The Hall–Kier alpha value is -3.19. The Morgan fingerprint density at radius 2 is 1.62 bits per heavy atom. The van der Waals surface area contributed by atoms with E-state index in [4.69, 9.17) is 11.6 Å². The minimum absolute atomic E-state index is 0.0612. The fourth-order valence-corrected chi connectivity index (χ4v) is 3.60. The van der Waals surface area contributed by atoms with Crippen molar-refractivity contribution < 1.29 is 9.18 Å². The molecular weight excluding hydrogens is 395 g/mol. The molecule has 8 heteroatoms. The first-order valence-electron chi connectivity index (χ1n) is 9.18. The average molecular weight is 413 g/mol. The number of hydrogen-bond acceptors (Lipinski definition) is 4. The third-order valence-corrected chi connectivity index (χ3v) is 5.27. The van der Waals surface area contributed by atoms with Crippen molar-refractivity contribution in [3.05, 3.63) is 87.6 Å². The molecule has 0 spiro atoms. The first-order chi connectivity index (χ1) is 14.1. The van der Waals surface area contributed by atoms with Crippen molar-refractivity contribution in [2.45, 2.75) is 0 Å². The maximum atomic E-state index is 13.9. The van der Waals surface area contributed by atoms with Gasteiger partial charge in [-0.3, -0.25) is 9.59 Å². The van der Waals surface area contributed by atoms with Gasteiger partial charge in [0.2, 0.25) is 0 Å². The molecule has 2 aromatic carbocycles. The molecule has 1 fully saturated rings. The van der Waals surface area contributed by atoms with Gasteiger partial charge in [0.25, 0.3) is 11.5 Å². The molecule has 1 aliphatic heterocycles. The van der Waals surface area contributed by atoms with Crippen LogP contribution in [-0.2, 0) is 0 Å². The number of halogens is 2. The minimum atomic E-state index is -0.531. The Labute approximate surface area is 171 Å². The predicted octanol–water partition coefficient (Wildman–Crippen LogP) is 2.99. The highest BCUT2D eigenvalue weighted by Crippen LogP contribution is 2.23. The molecule has 3 aromatic rings. The molecular formula is C21H18ClFN4O2. The maximum absolute atomic E-state index is 13.9. The van der Waals surface area contributed by atoms with E-state index < -0.39 is 11.4 Å². The van der Waals surface area contributed by atoms with Crippen molar-refractivity contribution in [2.24, 2.45) is 0 Å². The molecule has 148 valence electrons. The summed E-state index contributed by atoms with van der Waals surface area (Å²) in [7, 11) is 0. The van der Waals surface area contributed by atoms with E-state index in [0.29, 0.717) is 37.6 Å². The molecule has 0 radical (unpaired) electrons. The second-order valence-electron chi connectivity index (χ2n) is 6.66. The van der Waals surface area contributed by atoms with Gasteiger partial charge in [-0.2, -0.15) is 9.78 Å². The third-order valence-electron chi connectivity index (χ3n) is 4.91. The number of hydrogen-bond donors (Lipinski definition) is 0. The normalized spacial score (nSPS) is 14.1. The predicted molar refractivity (Wildman–Crippen MR) is 109 cm³/mol. The molecule has 2 heterocycles. The zero-order valence-corrected chi connectivity index (χ0v) is 16.2. The summed E-state index contributed by atoms with van der Waals surface area (Å²) in [5.74, 6) is -0.872. The molecule has 0 saturated carbocycles. The number of anilines is 1.